The first-order valence-electron chi connectivity index (χ1n) is 4.43. The van der Waals surface area contributed by atoms with E-state index in [0.717, 1.165) is 24.1 Å². The molecule has 1 aliphatic carbocycles. The van der Waals surface area contributed by atoms with Crippen molar-refractivity contribution in [2.75, 3.05) is 0 Å². The average molecular weight is 177 g/mol. The maximum absolute atomic E-state index is 10.7. The van der Waals surface area contributed by atoms with E-state index < -0.39 is 5.97 Å². The first-order chi connectivity index (χ1) is 6.27. The predicted octanol–water partition coefficient (Wildman–Crippen LogP) is 1.27. The molecule has 0 fully saturated rings. The monoisotopic (exact) mass is 177 g/mol. The van der Waals surface area contributed by atoms with Crippen molar-refractivity contribution in [2.45, 2.75) is 19.3 Å². The minimum Gasteiger partial charge on any atom is -0.481 e. The summed E-state index contributed by atoms with van der Waals surface area (Å²) in [7, 11) is 0. The maximum Gasteiger partial charge on any atom is 0.306 e. The molecule has 68 valence electrons. The summed E-state index contributed by atoms with van der Waals surface area (Å²) in [4.78, 5) is 15.0. The van der Waals surface area contributed by atoms with Gasteiger partial charge in [0, 0.05) is 11.9 Å². The van der Waals surface area contributed by atoms with Gasteiger partial charge in [0.25, 0.3) is 0 Å². The summed E-state index contributed by atoms with van der Waals surface area (Å²) < 4.78 is 0. The van der Waals surface area contributed by atoms with Gasteiger partial charge in [-0.2, -0.15) is 0 Å². The van der Waals surface area contributed by atoms with Crippen LogP contribution in [0.2, 0.25) is 0 Å². The second-order valence-electron chi connectivity index (χ2n) is 3.39. The van der Waals surface area contributed by atoms with Crippen LogP contribution in [0, 0.1) is 5.92 Å². The summed E-state index contributed by atoms with van der Waals surface area (Å²) in [5.41, 5.74) is 2.17. The summed E-state index contributed by atoms with van der Waals surface area (Å²) >= 11 is 0. The number of aliphatic carboxylic acids is 1. The molecule has 0 aliphatic heterocycles. The molecule has 0 spiro atoms. The number of hydrogen-bond acceptors (Lipinski definition) is 2. The molecule has 0 unspecified atom stereocenters. The lowest BCUT2D eigenvalue weighted by Crippen LogP contribution is -2.22. The van der Waals surface area contributed by atoms with Gasteiger partial charge < -0.3 is 5.11 Å². The lowest BCUT2D eigenvalue weighted by atomic mass is 9.87. The quantitative estimate of drug-likeness (QED) is 0.702. The van der Waals surface area contributed by atoms with Crippen LogP contribution in [0.3, 0.4) is 0 Å². The fourth-order valence-electron chi connectivity index (χ4n) is 1.77. The van der Waals surface area contributed by atoms with Crippen LogP contribution in [-0.4, -0.2) is 16.1 Å². The van der Waals surface area contributed by atoms with Crippen LogP contribution in [-0.2, 0) is 17.6 Å². The van der Waals surface area contributed by atoms with Crippen LogP contribution in [0.25, 0.3) is 0 Å². The van der Waals surface area contributed by atoms with E-state index in [-0.39, 0.29) is 5.92 Å². The lowest BCUT2D eigenvalue weighted by Gasteiger charge is -2.19. The summed E-state index contributed by atoms with van der Waals surface area (Å²) in [6, 6.07) is 3.83. The summed E-state index contributed by atoms with van der Waals surface area (Å²) in [5.74, 6) is -0.897. The molecule has 1 aliphatic rings. The minimum absolute atomic E-state index is 0.211. The molecule has 0 saturated carbocycles. The smallest absolute Gasteiger partial charge is 0.306 e. The highest BCUT2D eigenvalue weighted by atomic mass is 16.4. The number of hydrogen-bond donors (Lipinski definition) is 1. The second kappa shape index (κ2) is 3.17. The van der Waals surface area contributed by atoms with Crippen LogP contribution in [0.4, 0.5) is 0 Å². The number of rotatable bonds is 1. The Morgan fingerprint density at radius 2 is 2.46 bits per heavy atom. The highest BCUT2D eigenvalue weighted by molar-refractivity contribution is 5.70. The van der Waals surface area contributed by atoms with Crippen molar-refractivity contribution in [2.24, 2.45) is 5.92 Å². The van der Waals surface area contributed by atoms with Gasteiger partial charge in [-0.15, -0.1) is 0 Å². The fraction of sp³-hybridized carbons (Fsp3) is 0.400. The van der Waals surface area contributed by atoms with Crippen molar-refractivity contribution >= 4 is 5.97 Å². The number of aromatic nitrogens is 1. The number of carboxylic acid groups (broad SMARTS) is 1. The van der Waals surface area contributed by atoms with Crippen LogP contribution in [0.1, 0.15) is 17.7 Å². The lowest BCUT2D eigenvalue weighted by molar-refractivity contribution is -0.142. The molecule has 3 nitrogen and oxygen atoms in total. The normalized spacial score (nSPS) is 20.8. The zero-order valence-corrected chi connectivity index (χ0v) is 7.23. The number of carbonyl (C=O) groups is 1. The van der Waals surface area contributed by atoms with E-state index in [9.17, 15) is 4.79 Å². The summed E-state index contributed by atoms with van der Waals surface area (Å²) in [6.07, 6.45) is 3.92. The Bertz CT molecular complexity index is 335. The molecule has 1 aromatic heterocycles. The van der Waals surface area contributed by atoms with Crippen molar-refractivity contribution in [3.8, 4) is 0 Å². The van der Waals surface area contributed by atoms with Gasteiger partial charge >= 0.3 is 5.97 Å². The van der Waals surface area contributed by atoms with Gasteiger partial charge in [0.15, 0.2) is 0 Å². The number of nitrogens with zero attached hydrogens (tertiary/aromatic N) is 1. The number of carboxylic acids is 1. The number of fused-ring (bicyclic) bond motifs is 1. The molecule has 1 N–H and O–H groups in total. The molecule has 0 bridgehead atoms. The zero-order chi connectivity index (χ0) is 9.26. The molecular weight excluding hydrogens is 166 g/mol. The third kappa shape index (κ3) is 1.54. The molecule has 0 saturated heterocycles. The Hall–Kier alpha value is -1.38. The van der Waals surface area contributed by atoms with Gasteiger partial charge in [0.1, 0.15) is 0 Å². The number of aryl methyl sites for hydroxylation is 1. The van der Waals surface area contributed by atoms with E-state index in [1.54, 1.807) is 6.20 Å². The molecular formula is C10H11NO2. The van der Waals surface area contributed by atoms with Gasteiger partial charge in [-0.3, -0.25) is 9.78 Å². The molecule has 0 amide bonds. The van der Waals surface area contributed by atoms with E-state index in [0.29, 0.717) is 6.42 Å². The SMILES string of the molecule is O=C(O)[C@@H]1CCc2ncccc2C1. The molecule has 13 heavy (non-hydrogen) atoms. The van der Waals surface area contributed by atoms with Gasteiger partial charge in [-0.05, 0) is 30.9 Å². The fourth-order valence-corrected chi connectivity index (χ4v) is 1.77. The zero-order valence-electron chi connectivity index (χ0n) is 7.23. The Morgan fingerprint density at radius 1 is 1.62 bits per heavy atom. The van der Waals surface area contributed by atoms with E-state index in [1.807, 2.05) is 12.1 Å². The van der Waals surface area contributed by atoms with Crippen molar-refractivity contribution in [3.63, 3.8) is 0 Å². The Morgan fingerprint density at radius 3 is 3.23 bits per heavy atom. The molecule has 1 heterocycles. The van der Waals surface area contributed by atoms with E-state index in [2.05, 4.69) is 4.98 Å². The minimum atomic E-state index is -0.686. The average Bonchev–Trinajstić information content (AvgIpc) is 2.17. The Labute approximate surface area is 76.4 Å². The third-order valence-electron chi connectivity index (χ3n) is 2.53. The van der Waals surface area contributed by atoms with Crippen LogP contribution >= 0.6 is 0 Å². The van der Waals surface area contributed by atoms with E-state index >= 15 is 0 Å². The summed E-state index contributed by atoms with van der Waals surface area (Å²) in [6.45, 7) is 0. The molecule has 1 atom stereocenters. The van der Waals surface area contributed by atoms with Crippen molar-refractivity contribution in [1.82, 2.24) is 4.98 Å². The first-order valence-corrected chi connectivity index (χ1v) is 4.43. The Balaban J connectivity index is 2.24. The van der Waals surface area contributed by atoms with Crippen LogP contribution < -0.4 is 0 Å². The van der Waals surface area contributed by atoms with E-state index in [4.69, 9.17) is 5.11 Å². The van der Waals surface area contributed by atoms with Crippen molar-refractivity contribution < 1.29 is 9.90 Å². The number of pyridine rings is 1. The predicted molar refractivity (Wildman–Crippen MR) is 47.4 cm³/mol. The molecule has 1 aromatic rings. The van der Waals surface area contributed by atoms with Crippen molar-refractivity contribution in [1.29, 1.82) is 0 Å². The second-order valence-corrected chi connectivity index (χ2v) is 3.39. The molecule has 0 radical (unpaired) electrons. The highest BCUT2D eigenvalue weighted by Gasteiger charge is 2.24. The highest BCUT2D eigenvalue weighted by Crippen LogP contribution is 2.23. The van der Waals surface area contributed by atoms with Gasteiger partial charge in [-0.25, -0.2) is 0 Å². The largest absolute Gasteiger partial charge is 0.481 e. The first kappa shape index (κ1) is 8.23. The summed E-state index contributed by atoms with van der Waals surface area (Å²) in [5, 5.41) is 8.84. The van der Waals surface area contributed by atoms with Crippen LogP contribution in [0.15, 0.2) is 18.3 Å². The van der Waals surface area contributed by atoms with Crippen molar-refractivity contribution in [3.05, 3.63) is 29.6 Å². The Kier molecular flexibility index (Phi) is 2.00. The van der Waals surface area contributed by atoms with E-state index in [1.165, 1.54) is 0 Å². The van der Waals surface area contributed by atoms with Gasteiger partial charge in [0.2, 0.25) is 0 Å². The standard InChI is InChI=1S/C10H11NO2/c12-10(13)8-3-4-9-7(6-8)2-1-5-11-9/h1-2,5,8H,3-4,6H2,(H,12,13)/t8-/m1/s1. The van der Waals surface area contributed by atoms with Gasteiger partial charge in [-0.1, -0.05) is 6.07 Å². The molecule has 2 rings (SSSR count). The van der Waals surface area contributed by atoms with Crippen LogP contribution in [0.5, 0.6) is 0 Å². The maximum atomic E-state index is 10.7. The van der Waals surface area contributed by atoms with Gasteiger partial charge in [0.05, 0.1) is 5.92 Å². The topological polar surface area (TPSA) is 50.2 Å². The molecule has 0 aromatic carbocycles. The third-order valence-corrected chi connectivity index (χ3v) is 2.53. The molecule has 3 heteroatoms.